The minimum Gasteiger partial charge on any atom is -0.323 e. The highest BCUT2D eigenvalue weighted by Crippen LogP contribution is 2.35. The number of hydrogen-bond acceptors (Lipinski definition) is 1. The van der Waals surface area contributed by atoms with Crippen molar-refractivity contribution >= 4 is 0 Å². The number of benzene rings is 1. The third-order valence-corrected chi connectivity index (χ3v) is 3.19. The average molecular weight is 227 g/mol. The zero-order chi connectivity index (χ0) is 12.3. The third kappa shape index (κ3) is 2.02. The van der Waals surface area contributed by atoms with Gasteiger partial charge in [-0.05, 0) is 17.7 Å². The smallest absolute Gasteiger partial charge is 0.123 e. The van der Waals surface area contributed by atoms with E-state index < -0.39 is 5.41 Å². The van der Waals surface area contributed by atoms with E-state index >= 15 is 0 Å². The van der Waals surface area contributed by atoms with Crippen LogP contribution in [0.4, 0.5) is 4.39 Å². The SMILES string of the molecule is C#CCC1(c2ccc(F)cc2)C=CC=CC1N. The third-order valence-electron chi connectivity index (χ3n) is 3.19. The molecular weight excluding hydrogens is 213 g/mol. The molecule has 0 aliphatic heterocycles. The summed E-state index contributed by atoms with van der Waals surface area (Å²) in [5, 5.41) is 0. The molecular formula is C15H14FN. The van der Waals surface area contributed by atoms with Crippen LogP contribution < -0.4 is 5.73 Å². The Kier molecular flexibility index (Phi) is 3.12. The van der Waals surface area contributed by atoms with E-state index in [-0.39, 0.29) is 11.9 Å². The lowest BCUT2D eigenvalue weighted by atomic mass is 9.70. The lowest BCUT2D eigenvalue weighted by Gasteiger charge is -2.35. The summed E-state index contributed by atoms with van der Waals surface area (Å²) in [6, 6.07) is 6.18. The summed E-state index contributed by atoms with van der Waals surface area (Å²) in [6.07, 6.45) is 13.7. The van der Waals surface area contributed by atoms with Gasteiger partial charge in [-0.25, -0.2) is 4.39 Å². The molecule has 2 rings (SSSR count). The van der Waals surface area contributed by atoms with Crippen LogP contribution in [0.5, 0.6) is 0 Å². The maximum absolute atomic E-state index is 13.0. The molecule has 1 aromatic carbocycles. The molecule has 0 radical (unpaired) electrons. The van der Waals surface area contributed by atoms with Crippen molar-refractivity contribution in [3.8, 4) is 12.3 Å². The van der Waals surface area contributed by atoms with Gasteiger partial charge in [-0.3, -0.25) is 0 Å². The van der Waals surface area contributed by atoms with E-state index in [4.69, 9.17) is 12.2 Å². The number of rotatable bonds is 2. The molecule has 0 bridgehead atoms. The maximum atomic E-state index is 13.0. The standard InChI is InChI=1S/C15H14FN/c1-2-10-15(11-4-3-5-14(15)17)12-6-8-13(16)9-7-12/h1,3-9,11,14H,10,17H2. The number of terminal acetylenes is 1. The van der Waals surface area contributed by atoms with Crippen molar-refractivity contribution in [3.05, 3.63) is 60.0 Å². The fourth-order valence-electron chi connectivity index (χ4n) is 2.19. The van der Waals surface area contributed by atoms with Crippen LogP contribution in [0.25, 0.3) is 0 Å². The second kappa shape index (κ2) is 4.57. The van der Waals surface area contributed by atoms with Gasteiger partial charge in [0.1, 0.15) is 5.82 Å². The van der Waals surface area contributed by atoms with Crippen LogP contribution in [0.2, 0.25) is 0 Å². The van der Waals surface area contributed by atoms with E-state index in [1.807, 2.05) is 24.3 Å². The van der Waals surface area contributed by atoms with Gasteiger partial charge in [-0.1, -0.05) is 36.4 Å². The zero-order valence-electron chi connectivity index (χ0n) is 9.44. The molecule has 0 amide bonds. The van der Waals surface area contributed by atoms with Gasteiger partial charge >= 0.3 is 0 Å². The summed E-state index contributed by atoms with van der Waals surface area (Å²) in [5.41, 5.74) is 6.67. The fraction of sp³-hybridized carbons (Fsp3) is 0.200. The minimum atomic E-state index is -0.419. The normalized spacial score (nSPS) is 26.8. The summed E-state index contributed by atoms with van der Waals surface area (Å²) in [6.45, 7) is 0. The molecule has 2 heteroatoms. The quantitative estimate of drug-likeness (QED) is 0.772. The first-order chi connectivity index (χ1) is 8.19. The van der Waals surface area contributed by atoms with Crippen molar-refractivity contribution in [2.75, 3.05) is 0 Å². The molecule has 2 unspecified atom stereocenters. The van der Waals surface area contributed by atoms with Crippen LogP contribution in [-0.4, -0.2) is 6.04 Å². The fourth-order valence-corrected chi connectivity index (χ4v) is 2.19. The molecule has 86 valence electrons. The number of hydrogen-bond donors (Lipinski definition) is 1. The lowest BCUT2D eigenvalue weighted by Crippen LogP contribution is -2.43. The van der Waals surface area contributed by atoms with E-state index in [1.165, 1.54) is 12.1 Å². The second-order valence-corrected chi connectivity index (χ2v) is 4.20. The Balaban J connectivity index is 2.48. The zero-order valence-corrected chi connectivity index (χ0v) is 9.44. The molecule has 2 N–H and O–H groups in total. The van der Waals surface area contributed by atoms with Crippen molar-refractivity contribution in [1.82, 2.24) is 0 Å². The van der Waals surface area contributed by atoms with E-state index in [9.17, 15) is 4.39 Å². The van der Waals surface area contributed by atoms with Gasteiger partial charge < -0.3 is 5.73 Å². The number of halogens is 1. The van der Waals surface area contributed by atoms with Crippen molar-refractivity contribution in [2.45, 2.75) is 17.9 Å². The Morgan fingerprint density at radius 2 is 2.00 bits per heavy atom. The van der Waals surface area contributed by atoms with Gasteiger partial charge in [0.25, 0.3) is 0 Å². The van der Waals surface area contributed by atoms with Crippen LogP contribution >= 0.6 is 0 Å². The number of nitrogens with two attached hydrogens (primary N) is 1. The molecule has 0 fully saturated rings. The van der Waals surface area contributed by atoms with Gasteiger partial charge in [0.05, 0.1) is 0 Å². The van der Waals surface area contributed by atoms with Crippen molar-refractivity contribution in [1.29, 1.82) is 0 Å². The van der Waals surface area contributed by atoms with Gasteiger partial charge in [0.2, 0.25) is 0 Å². The topological polar surface area (TPSA) is 26.0 Å². The molecule has 0 saturated heterocycles. The Hall–Kier alpha value is -1.85. The van der Waals surface area contributed by atoms with Gasteiger partial charge in [-0.2, -0.15) is 0 Å². The highest BCUT2D eigenvalue weighted by Gasteiger charge is 2.35. The Morgan fingerprint density at radius 1 is 1.29 bits per heavy atom. The highest BCUT2D eigenvalue weighted by molar-refractivity contribution is 5.41. The van der Waals surface area contributed by atoms with E-state index in [0.29, 0.717) is 6.42 Å². The van der Waals surface area contributed by atoms with Crippen molar-refractivity contribution < 1.29 is 4.39 Å². The van der Waals surface area contributed by atoms with Gasteiger partial charge in [0, 0.05) is 17.9 Å². The molecule has 0 spiro atoms. The average Bonchev–Trinajstić information content (AvgIpc) is 2.33. The van der Waals surface area contributed by atoms with Crippen LogP contribution in [-0.2, 0) is 5.41 Å². The molecule has 1 aliphatic carbocycles. The first-order valence-corrected chi connectivity index (χ1v) is 5.50. The van der Waals surface area contributed by atoms with Gasteiger partial charge in [0.15, 0.2) is 0 Å². The van der Waals surface area contributed by atoms with Crippen molar-refractivity contribution in [3.63, 3.8) is 0 Å². The van der Waals surface area contributed by atoms with Gasteiger partial charge in [-0.15, -0.1) is 12.3 Å². The summed E-state index contributed by atoms with van der Waals surface area (Å²) < 4.78 is 13.0. The molecule has 0 saturated carbocycles. The van der Waals surface area contributed by atoms with E-state index in [2.05, 4.69) is 5.92 Å². The highest BCUT2D eigenvalue weighted by atomic mass is 19.1. The lowest BCUT2D eigenvalue weighted by molar-refractivity contribution is 0.483. The molecule has 1 aliphatic rings. The molecule has 17 heavy (non-hydrogen) atoms. The first kappa shape index (κ1) is 11.6. The molecule has 0 heterocycles. The summed E-state index contributed by atoms with van der Waals surface area (Å²) >= 11 is 0. The second-order valence-electron chi connectivity index (χ2n) is 4.20. The molecule has 2 atom stereocenters. The minimum absolute atomic E-state index is 0.186. The largest absolute Gasteiger partial charge is 0.323 e. The summed E-state index contributed by atoms with van der Waals surface area (Å²) in [4.78, 5) is 0. The molecule has 1 nitrogen and oxygen atoms in total. The Labute approximate surface area is 101 Å². The van der Waals surface area contributed by atoms with Crippen LogP contribution in [0, 0.1) is 18.2 Å². The predicted octanol–water partition coefficient (Wildman–Crippen LogP) is 2.54. The van der Waals surface area contributed by atoms with Crippen LogP contribution in [0.3, 0.4) is 0 Å². The molecule has 1 aromatic rings. The first-order valence-electron chi connectivity index (χ1n) is 5.50. The maximum Gasteiger partial charge on any atom is 0.123 e. The molecule has 0 aromatic heterocycles. The Bertz CT molecular complexity index is 493. The van der Waals surface area contributed by atoms with E-state index in [1.54, 1.807) is 12.1 Å². The monoisotopic (exact) mass is 227 g/mol. The van der Waals surface area contributed by atoms with Crippen LogP contribution in [0.1, 0.15) is 12.0 Å². The summed E-state index contributed by atoms with van der Waals surface area (Å²) in [5.74, 6) is 2.41. The Morgan fingerprint density at radius 3 is 2.59 bits per heavy atom. The summed E-state index contributed by atoms with van der Waals surface area (Å²) in [7, 11) is 0. The number of allylic oxidation sites excluding steroid dienone is 2. The van der Waals surface area contributed by atoms with E-state index in [0.717, 1.165) is 5.56 Å². The predicted molar refractivity (Wildman–Crippen MR) is 67.8 cm³/mol. The van der Waals surface area contributed by atoms with Crippen LogP contribution in [0.15, 0.2) is 48.6 Å². The van der Waals surface area contributed by atoms with Crippen molar-refractivity contribution in [2.24, 2.45) is 5.73 Å².